The van der Waals surface area contributed by atoms with Crippen LogP contribution in [0.25, 0.3) is 0 Å². The van der Waals surface area contributed by atoms with E-state index >= 15 is 0 Å². The third-order valence-electron chi connectivity index (χ3n) is 2.48. The van der Waals surface area contributed by atoms with Gasteiger partial charge in [0.2, 0.25) is 0 Å². The van der Waals surface area contributed by atoms with E-state index in [9.17, 15) is 4.39 Å². The molecule has 0 aromatic heterocycles. The van der Waals surface area contributed by atoms with E-state index in [4.69, 9.17) is 9.47 Å². The van der Waals surface area contributed by atoms with Gasteiger partial charge in [0.1, 0.15) is 0 Å². The number of methoxy groups -OCH3 is 1. The summed E-state index contributed by atoms with van der Waals surface area (Å²) in [5.74, 6) is -0.0748. The monoisotopic (exact) mass is 253 g/mol. The zero-order valence-electron chi connectivity index (χ0n) is 10.9. The summed E-state index contributed by atoms with van der Waals surface area (Å²) in [7, 11) is 1.45. The van der Waals surface area contributed by atoms with E-state index in [1.165, 1.54) is 13.2 Å². The predicted molar refractivity (Wildman–Crippen MR) is 70.3 cm³/mol. The number of benzene rings is 1. The average molecular weight is 253 g/mol. The van der Waals surface area contributed by atoms with Gasteiger partial charge in [0, 0.05) is 13.1 Å². The number of hydrogen-bond acceptors (Lipinski definition) is 3. The minimum atomic E-state index is -0.340. The fraction of sp³-hybridized carbons (Fsp3) is 0.429. The van der Waals surface area contributed by atoms with E-state index in [1.54, 1.807) is 12.1 Å². The van der Waals surface area contributed by atoms with E-state index < -0.39 is 0 Å². The van der Waals surface area contributed by atoms with Crippen molar-refractivity contribution >= 4 is 0 Å². The third kappa shape index (κ3) is 4.85. The summed E-state index contributed by atoms with van der Waals surface area (Å²) in [5.41, 5.74) is 0.879. The second kappa shape index (κ2) is 7.84. The normalized spacial score (nSPS) is 12.2. The topological polar surface area (TPSA) is 30.5 Å². The Hall–Kier alpha value is -1.39. The number of halogens is 1. The number of rotatable bonds is 8. The molecule has 0 fully saturated rings. The molecule has 3 nitrogen and oxygen atoms in total. The van der Waals surface area contributed by atoms with Crippen molar-refractivity contribution in [1.29, 1.82) is 0 Å². The van der Waals surface area contributed by atoms with E-state index in [0.717, 1.165) is 5.56 Å². The van der Waals surface area contributed by atoms with Crippen LogP contribution in [0.15, 0.2) is 30.9 Å². The van der Waals surface area contributed by atoms with Crippen LogP contribution in [-0.4, -0.2) is 26.4 Å². The van der Waals surface area contributed by atoms with E-state index in [-0.39, 0.29) is 17.7 Å². The van der Waals surface area contributed by atoms with Crippen LogP contribution >= 0.6 is 0 Å². The Morgan fingerprint density at radius 1 is 1.50 bits per heavy atom. The molecule has 0 bridgehead atoms. The van der Waals surface area contributed by atoms with Gasteiger partial charge in [-0.15, -0.1) is 6.58 Å². The molecule has 1 atom stereocenters. The SMILES string of the molecule is C=CCOC(C)CNCc1ccc(OC)c(F)c1. The van der Waals surface area contributed by atoms with Gasteiger partial charge in [-0.05, 0) is 24.6 Å². The molecular weight excluding hydrogens is 233 g/mol. The molecular formula is C14H20FNO2. The van der Waals surface area contributed by atoms with Gasteiger partial charge in [-0.1, -0.05) is 12.1 Å². The van der Waals surface area contributed by atoms with Crippen LogP contribution in [-0.2, 0) is 11.3 Å². The first-order chi connectivity index (χ1) is 8.67. The molecule has 0 radical (unpaired) electrons. The molecule has 0 saturated carbocycles. The van der Waals surface area contributed by atoms with Crippen LogP contribution < -0.4 is 10.1 Å². The zero-order chi connectivity index (χ0) is 13.4. The lowest BCUT2D eigenvalue weighted by molar-refractivity contribution is 0.0877. The van der Waals surface area contributed by atoms with Gasteiger partial charge in [0.05, 0.1) is 19.8 Å². The summed E-state index contributed by atoms with van der Waals surface area (Å²) in [4.78, 5) is 0. The van der Waals surface area contributed by atoms with Crippen molar-refractivity contribution in [3.05, 3.63) is 42.2 Å². The van der Waals surface area contributed by atoms with Crippen LogP contribution in [0.5, 0.6) is 5.75 Å². The standard InChI is InChI=1S/C14H20FNO2/c1-4-7-18-11(2)9-16-10-12-5-6-14(17-3)13(15)8-12/h4-6,8,11,16H,1,7,9-10H2,2-3H3. The minimum absolute atomic E-state index is 0.103. The first-order valence-corrected chi connectivity index (χ1v) is 5.93. The van der Waals surface area contributed by atoms with Gasteiger partial charge >= 0.3 is 0 Å². The lowest BCUT2D eigenvalue weighted by Gasteiger charge is -2.13. The highest BCUT2D eigenvalue weighted by Crippen LogP contribution is 2.17. The van der Waals surface area contributed by atoms with Gasteiger partial charge < -0.3 is 14.8 Å². The molecule has 1 rings (SSSR count). The first-order valence-electron chi connectivity index (χ1n) is 5.93. The van der Waals surface area contributed by atoms with Crippen LogP contribution in [0.2, 0.25) is 0 Å². The van der Waals surface area contributed by atoms with Gasteiger partial charge in [-0.2, -0.15) is 0 Å². The summed E-state index contributed by atoms with van der Waals surface area (Å²) in [6.07, 6.45) is 1.82. The van der Waals surface area contributed by atoms with Gasteiger partial charge in [0.25, 0.3) is 0 Å². The summed E-state index contributed by atoms with van der Waals surface area (Å²) in [6, 6.07) is 4.94. The fourth-order valence-electron chi connectivity index (χ4n) is 1.53. The number of nitrogens with one attached hydrogen (secondary N) is 1. The molecule has 0 spiro atoms. The summed E-state index contributed by atoms with van der Waals surface area (Å²) >= 11 is 0. The Morgan fingerprint density at radius 2 is 2.28 bits per heavy atom. The minimum Gasteiger partial charge on any atom is -0.494 e. The van der Waals surface area contributed by atoms with Crippen molar-refractivity contribution in [2.45, 2.75) is 19.6 Å². The molecule has 0 heterocycles. The average Bonchev–Trinajstić information content (AvgIpc) is 2.36. The molecule has 0 aliphatic carbocycles. The lowest BCUT2D eigenvalue weighted by atomic mass is 10.2. The predicted octanol–water partition coefficient (Wildman–Crippen LogP) is 2.52. The second-order valence-corrected chi connectivity index (χ2v) is 4.03. The zero-order valence-corrected chi connectivity index (χ0v) is 10.9. The maximum atomic E-state index is 13.4. The Kier molecular flexibility index (Phi) is 6.39. The lowest BCUT2D eigenvalue weighted by Crippen LogP contribution is -2.26. The molecule has 1 unspecified atom stereocenters. The molecule has 1 aromatic carbocycles. The first kappa shape index (κ1) is 14.7. The van der Waals surface area contributed by atoms with Crippen molar-refractivity contribution in [3.63, 3.8) is 0 Å². The molecule has 1 N–H and O–H groups in total. The summed E-state index contributed by atoms with van der Waals surface area (Å²) < 4.78 is 23.7. The number of hydrogen-bond donors (Lipinski definition) is 1. The Bertz CT molecular complexity index is 382. The van der Waals surface area contributed by atoms with E-state index in [0.29, 0.717) is 19.7 Å². The fourth-order valence-corrected chi connectivity index (χ4v) is 1.53. The largest absolute Gasteiger partial charge is 0.494 e. The molecule has 0 saturated heterocycles. The number of ether oxygens (including phenoxy) is 2. The molecule has 4 heteroatoms. The van der Waals surface area contributed by atoms with Gasteiger partial charge in [-0.3, -0.25) is 0 Å². The van der Waals surface area contributed by atoms with Crippen LogP contribution in [0.1, 0.15) is 12.5 Å². The Balaban J connectivity index is 2.35. The maximum absolute atomic E-state index is 13.4. The van der Waals surface area contributed by atoms with Crippen molar-refractivity contribution in [3.8, 4) is 5.75 Å². The quantitative estimate of drug-likeness (QED) is 0.722. The van der Waals surface area contributed by atoms with E-state index in [1.807, 2.05) is 13.0 Å². The van der Waals surface area contributed by atoms with E-state index in [2.05, 4.69) is 11.9 Å². The summed E-state index contributed by atoms with van der Waals surface area (Å²) in [5, 5.41) is 3.21. The van der Waals surface area contributed by atoms with Crippen LogP contribution in [0, 0.1) is 5.82 Å². The van der Waals surface area contributed by atoms with Crippen molar-refractivity contribution in [2.75, 3.05) is 20.3 Å². The third-order valence-corrected chi connectivity index (χ3v) is 2.48. The Morgan fingerprint density at radius 3 is 2.89 bits per heavy atom. The highest BCUT2D eigenvalue weighted by molar-refractivity contribution is 5.29. The second-order valence-electron chi connectivity index (χ2n) is 4.03. The van der Waals surface area contributed by atoms with Gasteiger partial charge in [0.15, 0.2) is 11.6 Å². The summed E-state index contributed by atoms with van der Waals surface area (Å²) in [6.45, 7) is 7.42. The molecule has 1 aromatic rings. The smallest absolute Gasteiger partial charge is 0.165 e. The van der Waals surface area contributed by atoms with Crippen molar-refractivity contribution < 1.29 is 13.9 Å². The van der Waals surface area contributed by atoms with Crippen molar-refractivity contribution in [2.24, 2.45) is 0 Å². The van der Waals surface area contributed by atoms with Crippen LogP contribution in [0.4, 0.5) is 4.39 Å². The van der Waals surface area contributed by atoms with Crippen LogP contribution in [0.3, 0.4) is 0 Å². The highest BCUT2D eigenvalue weighted by atomic mass is 19.1. The van der Waals surface area contributed by atoms with Gasteiger partial charge in [-0.25, -0.2) is 4.39 Å². The van der Waals surface area contributed by atoms with Crippen molar-refractivity contribution in [1.82, 2.24) is 5.32 Å². The molecule has 0 aliphatic heterocycles. The molecule has 0 aliphatic rings. The Labute approximate surface area is 108 Å². The maximum Gasteiger partial charge on any atom is 0.165 e. The molecule has 0 amide bonds. The molecule has 100 valence electrons. The highest BCUT2D eigenvalue weighted by Gasteiger charge is 2.04. The molecule has 18 heavy (non-hydrogen) atoms.